The third kappa shape index (κ3) is 11.5. The molecule has 0 aliphatic heterocycles. The molecule has 3 N–H and O–H groups in total. The van der Waals surface area contributed by atoms with Crippen molar-refractivity contribution in [2.24, 2.45) is 17.0 Å². The molecule has 0 heterocycles. The van der Waals surface area contributed by atoms with E-state index in [0.717, 1.165) is 28.9 Å². The van der Waals surface area contributed by atoms with Gasteiger partial charge in [0.1, 0.15) is 5.75 Å². The Labute approximate surface area is 237 Å². The van der Waals surface area contributed by atoms with Gasteiger partial charge in [0, 0.05) is 31.0 Å². The predicted molar refractivity (Wildman–Crippen MR) is 154 cm³/mol. The van der Waals surface area contributed by atoms with Crippen molar-refractivity contribution >= 4 is 5.91 Å². The van der Waals surface area contributed by atoms with E-state index in [-0.39, 0.29) is 38.1 Å². The third-order valence-corrected chi connectivity index (χ3v) is 6.73. The minimum absolute atomic E-state index is 0.0111. The largest absolute Gasteiger partial charge is 0.493 e. The monoisotopic (exact) mass is 556 g/mol. The van der Waals surface area contributed by atoms with Crippen LogP contribution < -0.4 is 10.1 Å². The van der Waals surface area contributed by atoms with Gasteiger partial charge in [0.2, 0.25) is 5.91 Å². The summed E-state index contributed by atoms with van der Waals surface area (Å²) in [6.45, 7) is 6.95. The van der Waals surface area contributed by atoms with Crippen LogP contribution in [0.15, 0.2) is 53.6 Å². The van der Waals surface area contributed by atoms with Gasteiger partial charge in [0.25, 0.3) is 0 Å². The summed E-state index contributed by atoms with van der Waals surface area (Å²) in [6.07, 6.45) is 0.272. The van der Waals surface area contributed by atoms with E-state index in [9.17, 15) is 15.0 Å². The molecule has 0 aliphatic rings. The zero-order valence-corrected chi connectivity index (χ0v) is 24.0. The summed E-state index contributed by atoms with van der Waals surface area (Å²) in [5.74, 6) is -0.135. The predicted octanol–water partition coefficient (Wildman–Crippen LogP) is 4.35. The standard InChI is InChI=1S/C30H44N4O6/c1-21(2)26(30(37)32-25(18-35)15-23-9-6-5-7-10-23)17-28(36)27(33-34-31)20-39-19-24-12-11-22(3)29(16-24)40-14-8-13-38-4/h5-7,9-12,16,21,25-28,35-36H,8,13-15,17-20H2,1-4H3,(H,32,37)/t25-,26-,27-,28-/m0/s1. The molecule has 40 heavy (non-hydrogen) atoms. The van der Waals surface area contributed by atoms with Crippen LogP contribution in [0.5, 0.6) is 5.75 Å². The van der Waals surface area contributed by atoms with Crippen LogP contribution in [0.3, 0.4) is 0 Å². The van der Waals surface area contributed by atoms with Crippen molar-refractivity contribution in [3.8, 4) is 5.75 Å². The molecule has 10 heteroatoms. The van der Waals surface area contributed by atoms with Gasteiger partial charge in [-0.3, -0.25) is 4.79 Å². The van der Waals surface area contributed by atoms with Crippen LogP contribution in [-0.2, 0) is 27.3 Å². The minimum atomic E-state index is -1.09. The van der Waals surface area contributed by atoms with E-state index >= 15 is 0 Å². The van der Waals surface area contributed by atoms with Crippen LogP contribution in [0.2, 0.25) is 0 Å². The van der Waals surface area contributed by atoms with E-state index in [1.165, 1.54) is 0 Å². The van der Waals surface area contributed by atoms with Crippen molar-refractivity contribution in [2.45, 2.75) is 64.8 Å². The lowest BCUT2D eigenvalue weighted by Crippen LogP contribution is -2.45. The molecule has 1 amide bonds. The average Bonchev–Trinajstić information content (AvgIpc) is 2.94. The van der Waals surface area contributed by atoms with Gasteiger partial charge in [-0.1, -0.05) is 61.4 Å². The molecule has 0 saturated carbocycles. The van der Waals surface area contributed by atoms with Gasteiger partial charge in [0.15, 0.2) is 0 Å². The van der Waals surface area contributed by atoms with Crippen molar-refractivity contribution < 1.29 is 29.2 Å². The Morgan fingerprint density at radius 1 is 1.12 bits per heavy atom. The van der Waals surface area contributed by atoms with Crippen LogP contribution in [0.25, 0.3) is 10.4 Å². The van der Waals surface area contributed by atoms with Crippen molar-refractivity contribution in [1.29, 1.82) is 0 Å². The molecule has 0 aliphatic carbocycles. The number of ether oxygens (including phenoxy) is 3. The summed E-state index contributed by atoms with van der Waals surface area (Å²) in [5.41, 5.74) is 12.0. The number of nitrogens with zero attached hydrogens (tertiary/aromatic N) is 3. The maximum atomic E-state index is 13.1. The Morgan fingerprint density at radius 2 is 1.88 bits per heavy atom. The highest BCUT2D eigenvalue weighted by atomic mass is 16.5. The lowest BCUT2D eigenvalue weighted by atomic mass is 9.87. The molecular formula is C30H44N4O6. The Morgan fingerprint density at radius 3 is 2.52 bits per heavy atom. The van der Waals surface area contributed by atoms with Crippen molar-refractivity contribution in [3.05, 3.63) is 75.7 Å². The SMILES string of the molecule is COCCCOc1cc(COC[C@H](N=[N+]=[N-])[C@@H](O)C[C@H](C(=O)N[C@H](CO)Cc2ccccc2)C(C)C)ccc1C. The molecule has 220 valence electrons. The summed E-state index contributed by atoms with van der Waals surface area (Å²) in [7, 11) is 1.65. The fourth-order valence-corrected chi connectivity index (χ4v) is 4.33. The van der Waals surface area contributed by atoms with Gasteiger partial charge in [-0.25, -0.2) is 0 Å². The molecule has 0 fully saturated rings. The topological polar surface area (TPSA) is 146 Å². The van der Waals surface area contributed by atoms with Gasteiger partial charge in [-0.2, -0.15) is 0 Å². The first kappa shape index (κ1) is 33.1. The molecule has 0 spiro atoms. The van der Waals surface area contributed by atoms with Crippen LogP contribution in [0, 0.1) is 18.8 Å². The number of carbonyl (C=O) groups is 1. The minimum Gasteiger partial charge on any atom is -0.493 e. The zero-order valence-electron chi connectivity index (χ0n) is 24.0. The molecule has 2 rings (SSSR count). The maximum absolute atomic E-state index is 13.1. The van der Waals surface area contributed by atoms with Crippen molar-refractivity contribution in [3.63, 3.8) is 0 Å². The number of carbonyl (C=O) groups excluding carboxylic acids is 1. The number of nitrogens with one attached hydrogen (secondary N) is 1. The van der Waals surface area contributed by atoms with Gasteiger partial charge in [-0.15, -0.1) is 0 Å². The number of aliphatic hydroxyl groups excluding tert-OH is 2. The number of hydrogen-bond acceptors (Lipinski definition) is 7. The molecule has 0 aromatic heterocycles. The fraction of sp³-hybridized carbons (Fsp3) is 0.567. The number of rotatable bonds is 19. The molecule has 2 aromatic rings. The first-order valence-electron chi connectivity index (χ1n) is 13.7. The summed E-state index contributed by atoms with van der Waals surface area (Å²) in [4.78, 5) is 16.0. The Kier molecular flexibility index (Phi) is 15.1. The Bertz CT molecular complexity index is 1060. The zero-order chi connectivity index (χ0) is 29.3. The lowest BCUT2D eigenvalue weighted by molar-refractivity contribution is -0.128. The number of hydrogen-bond donors (Lipinski definition) is 3. The van der Waals surface area contributed by atoms with E-state index < -0.39 is 24.1 Å². The second kappa shape index (κ2) is 18.3. The molecule has 0 unspecified atom stereocenters. The normalized spacial score (nSPS) is 14.2. The number of benzene rings is 2. The molecule has 0 bridgehead atoms. The van der Waals surface area contributed by atoms with E-state index in [1.54, 1.807) is 7.11 Å². The number of amides is 1. The summed E-state index contributed by atoms with van der Waals surface area (Å²) < 4.78 is 16.7. The highest BCUT2D eigenvalue weighted by Gasteiger charge is 2.30. The highest BCUT2D eigenvalue weighted by molar-refractivity contribution is 5.79. The van der Waals surface area contributed by atoms with E-state index in [0.29, 0.717) is 19.6 Å². The van der Waals surface area contributed by atoms with Gasteiger partial charge < -0.3 is 29.7 Å². The Hall–Kier alpha value is -3.14. The molecule has 2 aromatic carbocycles. The summed E-state index contributed by atoms with van der Waals surface area (Å²) in [5, 5.41) is 27.4. The van der Waals surface area contributed by atoms with Gasteiger partial charge >= 0.3 is 0 Å². The number of methoxy groups -OCH3 is 1. The third-order valence-electron chi connectivity index (χ3n) is 6.73. The van der Waals surface area contributed by atoms with Gasteiger partial charge in [0.05, 0.1) is 44.6 Å². The fourth-order valence-electron chi connectivity index (χ4n) is 4.33. The van der Waals surface area contributed by atoms with E-state index in [4.69, 9.17) is 19.7 Å². The summed E-state index contributed by atoms with van der Waals surface area (Å²) >= 11 is 0. The number of azide groups is 1. The van der Waals surface area contributed by atoms with Crippen molar-refractivity contribution in [1.82, 2.24) is 5.32 Å². The second-order valence-electron chi connectivity index (χ2n) is 10.3. The van der Waals surface area contributed by atoms with E-state index in [2.05, 4.69) is 15.3 Å². The Balaban J connectivity index is 1.95. The number of aryl methyl sites for hydroxylation is 1. The highest BCUT2D eigenvalue weighted by Crippen LogP contribution is 2.23. The molecular weight excluding hydrogens is 512 g/mol. The van der Waals surface area contributed by atoms with Crippen molar-refractivity contribution in [2.75, 3.05) is 33.5 Å². The maximum Gasteiger partial charge on any atom is 0.223 e. The van der Waals surface area contributed by atoms with Crippen LogP contribution >= 0.6 is 0 Å². The number of aliphatic hydroxyl groups is 2. The van der Waals surface area contributed by atoms with Crippen LogP contribution in [0.1, 0.15) is 43.4 Å². The smallest absolute Gasteiger partial charge is 0.223 e. The lowest BCUT2D eigenvalue weighted by Gasteiger charge is -2.27. The summed E-state index contributed by atoms with van der Waals surface area (Å²) in [6, 6.07) is 14.1. The first-order valence-corrected chi connectivity index (χ1v) is 13.7. The molecule has 0 saturated heterocycles. The van der Waals surface area contributed by atoms with Crippen LogP contribution in [0.4, 0.5) is 0 Å². The second-order valence-corrected chi connectivity index (χ2v) is 10.3. The first-order chi connectivity index (χ1) is 19.3. The molecule has 0 radical (unpaired) electrons. The molecule has 4 atom stereocenters. The van der Waals surface area contributed by atoms with Crippen LogP contribution in [-0.4, -0.2) is 67.8 Å². The van der Waals surface area contributed by atoms with Gasteiger partial charge in [-0.05, 0) is 54.0 Å². The quantitative estimate of drug-likeness (QED) is 0.101. The molecule has 10 nitrogen and oxygen atoms in total. The van der Waals surface area contributed by atoms with E-state index in [1.807, 2.05) is 69.3 Å². The average molecular weight is 557 g/mol.